The summed E-state index contributed by atoms with van der Waals surface area (Å²) in [5.74, 6) is 4.30. The fourth-order valence-corrected chi connectivity index (χ4v) is 1.16. The van der Waals surface area contributed by atoms with Gasteiger partial charge in [-0.3, -0.25) is 0 Å². The molecular formula is C15H14O4. The van der Waals surface area contributed by atoms with Crippen LogP contribution in [-0.4, -0.2) is 25.2 Å². The Balaban J connectivity index is 2.32. The predicted molar refractivity (Wildman–Crippen MR) is 70.3 cm³/mol. The van der Waals surface area contributed by atoms with Gasteiger partial charge in [-0.25, -0.2) is 9.59 Å². The number of ether oxygens (including phenoxy) is 2. The molecule has 0 aliphatic heterocycles. The van der Waals surface area contributed by atoms with Crippen LogP contribution >= 0.6 is 0 Å². The van der Waals surface area contributed by atoms with Crippen LogP contribution in [-0.2, 0) is 14.3 Å². The second-order valence-electron chi connectivity index (χ2n) is 3.35. The van der Waals surface area contributed by atoms with Crippen molar-refractivity contribution in [3.63, 3.8) is 0 Å². The summed E-state index contributed by atoms with van der Waals surface area (Å²) >= 11 is 0. The lowest BCUT2D eigenvalue weighted by Crippen LogP contribution is -2.04. The van der Waals surface area contributed by atoms with Crippen LogP contribution in [0.4, 0.5) is 0 Å². The number of carbonyl (C=O) groups is 2. The van der Waals surface area contributed by atoms with Crippen LogP contribution in [0.25, 0.3) is 0 Å². The van der Waals surface area contributed by atoms with Crippen molar-refractivity contribution in [2.45, 2.75) is 6.92 Å². The van der Waals surface area contributed by atoms with Crippen LogP contribution in [0.2, 0.25) is 0 Å². The van der Waals surface area contributed by atoms with Gasteiger partial charge in [-0.05, 0) is 25.1 Å². The van der Waals surface area contributed by atoms with Crippen LogP contribution in [0.1, 0.15) is 17.3 Å². The molecular weight excluding hydrogens is 244 g/mol. The maximum atomic E-state index is 11.5. The van der Waals surface area contributed by atoms with Gasteiger partial charge >= 0.3 is 11.9 Å². The van der Waals surface area contributed by atoms with Gasteiger partial charge in [0.2, 0.25) is 0 Å². The number of allylic oxidation sites excluding steroid dienone is 1. The fraction of sp³-hybridized carbons (Fsp3) is 0.200. The van der Waals surface area contributed by atoms with E-state index in [-0.39, 0.29) is 6.61 Å². The molecule has 1 aromatic rings. The summed E-state index contributed by atoms with van der Waals surface area (Å²) in [6.45, 7) is 2.02. The normalized spacial score (nSPS) is 9.53. The van der Waals surface area contributed by atoms with E-state index in [1.54, 1.807) is 31.2 Å². The molecule has 0 aromatic heterocycles. The molecule has 0 spiro atoms. The minimum Gasteiger partial charge on any atom is -0.463 e. The average Bonchev–Trinajstić information content (AvgIpc) is 2.43. The second kappa shape index (κ2) is 8.54. The Morgan fingerprint density at radius 3 is 2.63 bits per heavy atom. The average molecular weight is 258 g/mol. The first kappa shape index (κ1) is 14.5. The SMILES string of the molecule is CCOC(=O)/C=C/C#CCOC(=O)c1ccccc1. The van der Waals surface area contributed by atoms with Crippen LogP contribution < -0.4 is 0 Å². The van der Waals surface area contributed by atoms with Crippen molar-refractivity contribution in [1.29, 1.82) is 0 Å². The van der Waals surface area contributed by atoms with Crippen molar-refractivity contribution in [1.82, 2.24) is 0 Å². The third-order valence-electron chi connectivity index (χ3n) is 1.98. The first-order valence-corrected chi connectivity index (χ1v) is 5.78. The van der Waals surface area contributed by atoms with Crippen LogP contribution in [0.5, 0.6) is 0 Å². The quantitative estimate of drug-likeness (QED) is 0.470. The largest absolute Gasteiger partial charge is 0.463 e. The van der Waals surface area contributed by atoms with E-state index < -0.39 is 11.9 Å². The van der Waals surface area contributed by atoms with Crippen molar-refractivity contribution in [2.24, 2.45) is 0 Å². The number of carbonyl (C=O) groups excluding carboxylic acids is 2. The molecule has 19 heavy (non-hydrogen) atoms. The minimum absolute atomic E-state index is 0.0269. The van der Waals surface area contributed by atoms with Gasteiger partial charge in [0.15, 0.2) is 6.61 Å². The van der Waals surface area contributed by atoms with Gasteiger partial charge in [-0.2, -0.15) is 0 Å². The van der Waals surface area contributed by atoms with E-state index in [9.17, 15) is 9.59 Å². The van der Waals surface area contributed by atoms with Gasteiger partial charge < -0.3 is 9.47 Å². The lowest BCUT2D eigenvalue weighted by Gasteiger charge is -1.99. The van der Waals surface area contributed by atoms with Crippen molar-refractivity contribution in [3.05, 3.63) is 48.0 Å². The third-order valence-corrected chi connectivity index (χ3v) is 1.98. The summed E-state index contributed by atoms with van der Waals surface area (Å²) in [6.07, 6.45) is 2.57. The summed E-state index contributed by atoms with van der Waals surface area (Å²) < 4.78 is 9.59. The molecule has 1 aromatic carbocycles. The first-order chi connectivity index (χ1) is 9.24. The van der Waals surface area contributed by atoms with E-state index in [0.717, 1.165) is 0 Å². The van der Waals surface area contributed by atoms with E-state index in [1.165, 1.54) is 12.2 Å². The Morgan fingerprint density at radius 1 is 1.21 bits per heavy atom. The standard InChI is InChI=1S/C15H14O4/c1-2-18-14(16)11-7-4-8-12-19-15(17)13-9-5-3-6-10-13/h3,5-7,9-11H,2,12H2,1H3/b11-7+. The topological polar surface area (TPSA) is 52.6 Å². The van der Waals surface area contributed by atoms with Gasteiger partial charge in [0.25, 0.3) is 0 Å². The Bertz CT molecular complexity index is 506. The smallest absolute Gasteiger partial charge is 0.339 e. The van der Waals surface area contributed by atoms with E-state index in [1.807, 2.05) is 6.07 Å². The lowest BCUT2D eigenvalue weighted by molar-refractivity contribution is -0.137. The molecule has 0 unspecified atom stereocenters. The molecule has 0 bridgehead atoms. The van der Waals surface area contributed by atoms with E-state index in [0.29, 0.717) is 12.2 Å². The van der Waals surface area contributed by atoms with Crippen molar-refractivity contribution in [2.75, 3.05) is 13.2 Å². The number of hydrogen-bond acceptors (Lipinski definition) is 4. The first-order valence-electron chi connectivity index (χ1n) is 5.78. The number of benzene rings is 1. The Morgan fingerprint density at radius 2 is 1.95 bits per heavy atom. The van der Waals surface area contributed by atoms with Gasteiger partial charge in [-0.15, -0.1) is 0 Å². The molecule has 0 saturated carbocycles. The maximum Gasteiger partial charge on any atom is 0.339 e. The highest BCUT2D eigenvalue weighted by atomic mass is 16.5. The Kier molecular flexibility index (Phi) is 6.52. The molecule has 0 aliphatic rings. The Labute approximate surface area is 112 Å². The van der Waals surface area contributed by atoms with Gasteiger partial charge in [-0.1, -0.05) is 30.0 Å². The van der Waals surface area contributed by atoms with Crippen molar-refractivity contribution < 1.29 is 19.1 Å². The van der Waals surface area contributed by atoms with Gasteiger partial charge in [0.05, 0.1) is 12.2 Å². The second-order valence-corrected chi connectivity index (χ2v) is 3.35. The van der Waals surface area contributed by atoms with E-state index in [4.69, 9.17) is 4.74 Å². The summed E-state index contributed by atoms with van der Waals surface area (Å²) in [7, 11) is 0. The zero-order chi connectivity index (χ0) is 13.9. The number of esters is 2. The zero-order valence-corrected chi connectivity index (χ0v) is 10.6. The molecule has 98 valence electrons. The van der Waals surface area contributed by atoms with Crippen LogP contribution in [0.15, 0.2) is 42.5 Å². The molecule has 0 saturated heterocycles. The zero-order valence-electron chi connectivity index (χ0n) is 10.6. The van der Waals surface area contributed by atoms with Crippen LogP contribution in [0, 0.1) is 11.8 Å². The maximum absolute atomic E-state index is 11.5. The van der Waals surface area contributed by atoms with E-state index in [2.05, 4.69) is 16.6 Å². The Hall–Kier alpha value is -2.54. The highest BCUT2D eigenvalue weighted by Gasteiger charge is 2.03. The summed E-state index contributed by atoms with van der Waals surface area (Å²) in [6, 6.07) is 8.65. The lowest BCUT2D eigenvalue weighted by atomic mass is 10.2. The fourth-order valence-electron chi connectivity index (χ4n) is 1.16. The monoisotopic (exact) mass is 258 g/mol. The van der Waals surface area contributed by atoms with Gasteiger partial charge in [0, 0.05) is 6.08 Å². The summed E-state index contributed by atoms with van der Waals surface area (Å²) in [5, 5.41) is 0. The molecule has 0 radical (unpaired) electrons. The molecule has 0 aliphatic carbocycles. The third kappa shape index (κ3) is 6.08. The van der Waals surface area contributed by atoms with Crippen molar-refractivity contribution >= 4 is 11.9 Å². The molecule has 4 nitrogen and oxygen atoms in total. The highest BCUT2D eigenvalue weighted by Crippen LogP contribution is 2.00. The predicted octanol–water partition coefficient (Wildman–Crippen LogP) is 1.97. The molecule has 0 amide bonds. The van der Waals surface area contributed by atoms with E-state index >= 15 is 0 Å². The molecule has 0 heterocycles. The van der Waals surface area contributed by atoms with Crippen LogP contribution in [0.3, 0.4) is 0 Å². The minimum atomic E-state index is -0.446. The molecule has 0 fully saturated rings. The number of hydrogen-bond donors (Lipinski definition) is 0. The summed E-state index contributed by atoms with van der Waals surface area (Å²) in [5.41, 5.74) is 0.478. The molecule has 0 N–H and O–H groups in total. The molecule has 1 rings (SSSR count). The van der Waals surface area contributed by atoms with Gasteiger partial charge in [0.1, 0.15) is 0 Å². The molecule has 0 atom stereocenters. The number of rotatable bonds is 4. The molecule has 4 heteroatoms. The summed E-state index contributed by atoms with van der Waals surface area (Å²) in [4.78, 5) is 22.4. The highest BCUT2D eigenvalue weighted by molar-refractivity contribution is 5.89. The van der Waals surface area contributed by atoms with Crippen molar-refractivity contribution in [3.8, 4) is 11.8 Å².